The molecule has 0 spiro atoms. The lowest BCUT2D eigenvalue weighted by Crippen LogP contribution is -2.31. The molecule has 1 amide bonds. The van der Waals surface area contributed by atoms with Crippen LogP contribution >= 0.6 is 0 Å². The number of hydrazine groups is 1. The number of nitro benzene ring substituents is 1. The predicted molar refractivity (Wildman–Crippen MR) is 107 cm³/mol. The third kappa shape index (κ3) is 5.44. The summed E-state index contributed by atoms with van der Waals surface area (Å²) >= 11 is 0. The summed E-state index contributed by atoms with van der Waals surface area (Å²) < 4.78 is 13.0. The molecule has 2 aromatic carbocycles. The average Bonchev–Trinajstić information content (AvgIpc) is 2.74. The summed E-state index contributed by atoms with van der Waals surface area (Å²) in [6.45, 7) is 0. The van der Waals surface area contributed by atoms with Gasteiger partial charge in [0.25, 0.3) is 5.69 Å². The number of amides is 1. The number of rotatable bonds is 8. The second-order valence-electron chi connectivity index (χ2n) is 6.08. The second kappa shape index (κ2) is 9.21. The van der Waals surface area contributed by atoms with Crippen LogP contribution in [0.4, 0.5) is 33.1 Å². The Bertz CT molecular complexity index is 1120. The quantitative estimate of drug-likeness (QED) is 0.362. The van der Waals surface area contributed by atoms with Gasteiger partial charge in [-0.2, -0.15) is 0 Å². The molecule has 0 radical (unpaired) electrons. The zero-order valence-electron chi connectivity index (χ0n) is 15.6. The highest BCUT2D eigenvalue weighted by Gasteiger charge is 2.23. The van der Waals surface area contributed by atoms with E-state index in [1.165, 1.54) is 48.5 Å². The molecule has 1 aromatic heterocycles. The smallest absolute Gasteiger partial charge is 0.334 e. The van der Waals surface area contributed by atoms with Gasteiger partial charge in [0, 0.05) is 17.8 Å². The summed E-state index contributed by atoms with van der Waals surface area (Å²) in [6, 6.07) is 10.5. The monoisotopic (exact) mass is 427 g/mol. The summed E-state index contributed by atoms with van der Waals surface area (Å²) in [5.41, 5.74) is 4.87. The fraction of sp³-hybridized carbons (Fsp3) is 0.0556. The summed E-state index contributed by atoms with van der Waals surface area (Å²) in [4.78, 5) is 40.6. The number of nitrogens with zero attached hydrogens (tertiary/aromatic N) is 4. The first-order valence-corrected chi connectivity index (χ1v) is 8.63. The van der Waals surface area contributed by atoms with Gasteiger partial charge in [0.1, 0.15) is 12.1 Å². The number of aromatic nitrogens is 2. The van der Waals surface area contributed by atoms with E-state index in [0.29, 0.717) is 11.3 Å². The third-order valence-corrected chi connectivity index (χ3v) is 3.94. The molecular weight excluding hydrogens is 413 g/mol. The highest BCUT2D eigenvalue weighted by molar-refractivity contribution is 5.81. The first-order chi connectivity index (χ1) is 14.8. The van der Waals surface area contributed by atoms with E-state index in [4.69, 9.17) is 0 Å². The molecule has 31 heavy (non-hydrogen) atoms. The Labute approximate surface area is 173 Å². The maximum Gasteiger partial charge on any atom is 0.355 e. The normalized spacial score (nSPS) is 10.2. The Morgan fingerprint density at radius 1 is 0.935 bits per heavy atom. The molecule has 0 atom stereocenters. The minimum Gasteiger partial charge on any atom is -0.334 e. The van der Waals surface area contributed by atoms with Crippen molar-refractivity contribution in [1.82, 2.24) is 15.4 Å². The molecule has 12 nitrogen and oxygen atoms in total. The van der Waals surface area contributed by atoms with Gasteiger partial charge in [0.2, 0.25) is 17.5 Å². The number of hydrogen-bond acceptors (Lipinski definition) is 9. The number of carbonyl (C=O) groups excluding carboxylic acids is 1. The molecule has 0 unspecified atom stereocenters. The van der Waals surface area contributed by atoms with Crippen LogP contribution in [0.3, 0.4) is 0 Å². The minimum absolute atomic E-state index is 0.111. The minimum atomic E-state index is -0.739. The first kappa shape index (κ1) is 21.0. The van der Waals surface area contributed by atoms with Crippen molar-refractivity contribution in [1.29, 1.82) is 0 Å². The fourth-order valence-corrected chi connectivity index (χ4v) is 2.50. The molecule has 0 aliphatic carbocycles. The Morgan fingerprint density at radius 3 is 2.19 bits per heavy atom. The van der Waals surface area contributed by atoms with E-state index in [1.54, 1.807) is 0 Å². The van der Waals surface area contributed by atoms with E-state index in [0.717, 1.165) is 6.33 Å². The Morgan fingerprint density at radius 2 is 1.58 bits per heavy atom. The lowest BCUT2D eigenvalue weighted by atomic mass is 10.1. The van der Waals surface area contributed by atoms with Crippen molar-refractivity contribution >= 4 is 34.6 Å². The van der Waals surface area contributed by atoms with E-state index in [-0.39, 0.29) is 23.7 Å². The van der Waals surface area contributed by atoms with Crippen molar-refractivity contribution < 1.29 is 19.0 Å². The van der Waals surface area contributed by atoms with Gasteiger partial charge in [0.05, 0.1) is 16.3 Å². The maximum absolute atomic E-state index is 13.0. The number of benzene rings is 2. The largest absolute Gasteiger partial charge is 0.355 e. The fourth-order valence-electron chi connectivity index (χ4n) is 2.50. The Hall–Kier alpha value is -4.68. The van der Waals surface area contributed by atoms with Gasteiger partial charge in [-0.25, -0.2) is 14.4 Å². The molecular formula is C18H14FN7O5. The van der Waals surface area contributed by atoms with Gasteiger partial charge in [0.15, 0.2) is 0 Å². The van der Waals surface area contributed by atoms with Crippen LogP contribution in [0, 0.1) is 26.0 Å². The van der Waals surface area contributed by atoms with Crippen LogP contribution in [0.5, 0.6) is 0 Å². The zero-order chi connectivity index (χ0) is 22.4. The topological polar surface area (TPSA) is 165 Å². The molecule has 0 fully saturated rings. The van der Waals surface area contributed by atoms with Gasteiger partial charge in [-0.15, -0.1) is 0 Å². The van der Waals surface area contributed by atoms with Crippen molar-refractivity contribution in [2.75, 3.05) is 10.7 Å². The van der Waals surface area contributed by atoms with Gasteiger partial charge in [-0.3, -0.25) is 35.9 Å². The van der Waals surface area contributed by atoms with Crippen molar-refractivity contribution in [3.05, 3.63) is 86.5 Å². The van der Waals surface area contributed by atoms with Crippen molar-refractivity contribution in [3.63, 3.8) is 0 Å². The molecule has 0 saturated carbocycles. The molecule has 0 aliphatic rings. The number of hydrogen-bond donors (Lipinski definition) is 3. The Balaban J connectivity index is 1.70. The average molecular weight is 427 g/mol. The summed E-state index contributed by atoms with van der Waals surface area (Å²) in [5.74, 6) is -1.48. The van der Waals surface area contributed by atoms with E-state index in [2.05, 4.69) is 26.1 Å². The van der Waals surface area contributed by atoms with Crippen LogP contribution in [0.15, 0.2) is 54.9 Å². The molecule has 3 rings (SSSR count). The lowest BCUT2D eigenvalue weighted by molar-refractivity contribution is -0.384. The van der Waals surface area contributed by atoms with Crippen LogP contribution in [0.25, 0.3) is 0 Å². The number of halogens is 1. The lowest BCUT2D eigenvalue weighted by Gasteiger charge is -2.11. The van der Waals surface area contributed by atoms with E-state index in [1.807, 2.05) is 0 Å². The van der Waals surface area contributed by atoms with Crippen LogP contribution in [0.1, 0.15) is 5.56 Å². The third-order valence-electron chi connectivity index (χ3n) is 3.94. The summed E-state index contributed by atoms with van der Waals surface area (Å²) in [7, 11) is 0. The predicted octanol–water partition coefficient (Wildman–Crippen LogP) is 2.86. The number of nitro groups is 2. The molecule has 0 bridgehead atoms. The summed E-state index contributed by atoms with van der Waals surface area (Å²) in [6.07, 6.45) is 0.911. The standard InChI is InChI=1S/C18H14FN7O5/c19-12-3-5-13(6-4-12)22-17-16(26(30)31)18(21-10-20-17)24-23-15(27)9-11-1-7-14(8-2-11)25(28)29/h1-8,10H,9H2,(H,23,27)(H2,20,21,22,24). The van der Waals surface area contributed by atoms with Crippen LogP contribution in [-0.2, 0) is 11.2 Å². The Kier molecular flexibility index (Phi) is 6.25. The SMILES string of the molecule is O=C(Cc1ccc([N+](=O)[O-])cc1)NNc1ncnc(Nc2ccc(F)cc2)c1[N+](=O)[O-]. The molecule has 3 N–H and O–H groups in total. The van der Waals surface area contributed by atoms with Crippen LogP contribution in [0.2, 0.25) is 0 Å². The molecule has 158 valence electrons. The van der Waals surface area contributed by atoms with E-state index in [9.17, 15) is 29.4 Å². The molecule has 1 heterocycles. The number of carbonyl (C=O) groups is 1. The molecule has 0 aliphatic heterocycles. The number of nitrogens with one attached hydrogen (secondary N) is 3. The van der Waals surface area contributed by atoms with Gasteiger partial charge in [-0.05, 0) is 29.8 Å². The number of non-ortho nitro benzene ring substituents is 1. The zero-order valence-corrected chi connectivity index (χ0v) is 15.6. The van der Waals surface area contributed by atoms with Crippen LogP contribution in [-0.4, -0.2) is 25.7 Å². The van der Waals surface area contributed by atoms with Gasteiger partial charge in [-0.1, -0.05) is 12.1 Å². The first-order valence-electron chi connectivity index (χ1n) is 8.63. The van der Waals surface area contributed by atoms with Crippen LogP contribution < -0.4 is 16.2 Å². The van der Waals surface area contributed by atoms with Gasteiger partial charge >= 0.3 is 5.69 Å². The van der Waals surface area contributed by atoms with Crippen molar-refractivity contribution in [3.8, 4) is 0 Å². The highest BCUT2D eigenvalue weighted by Crippen LogP contribution is 2.30. The number of anilines is 3. The van der Waals surface area contributed by atoms with E-state index < -0.39 is 27.3 Å². The molecule has 0 saturated heterocycles. The molecule has 13 heteroatoms. The summed E-state index contributed by atoms with van der Waals surface area (Å²) in [5, 5.41) is 24.9. The van der Waals surface area contributed by atoms with Crippen molar-refractivity contribution in [2.24, 2.45) is 0 Å². The second-order valence-corrected chi connectivity index (χ2v) is 6.08. The maximum atomic E-state index is 13.0. The van der Waals surface area contributed by atoms with Gasteiger partial charge < -0.3 is 5.32 Å². The van der Waals surface area contributed by atoms with Crippen molar-refractivity contribution in [2.45, 2.75) is 6.42 Å². The molecule has 3 aromatic rings. The van der Waals surface area contributed by atoms with E-state index >= 15 is 0 Å². The highest BCUT2D eigenvalue weighted by atomic mass is 19.1.